The van der Waals surface area contributed by atoms with E-state index in [-0.39, 0.29) is 0 Å². The number of rotatable bonds is 8. The van der Waals surface area contributed by atoms with Crippen LogP contribution in [-0.2, 0) is 13.3 Å². The topological polar surface area (TPSA) is 47.9 Å². The van der Waals surface area contributed by atoms with Crippen LogP contribution >= 0.6 is 0 Å². The van der Waals surface area contributed by atoms with Crippen molar-refractivity contribution in [2.75, 3.05) is 48.5 Å². The summed E-state index contributed by atoms with van der Waals surface area (Å²) in [4.78, 5) is 0. The molecule has 0 aliphatic heterocycles. The fourth-order valence-electron chi connectivity index (χ4n) is 1.93. The van der Waals surface area contributed by atoms with Gasteiger partial charge in [-0.3, -0.25) is 0 Å². The van der Waals surface area contributed by atoms with Crippen molar-refractivity contribution in [1.82, 2.24) is 0 Å². The lowest BCUT2D eigenvalue weighted by Gasteiger charge is -2.36. The molecular weight excluding hydrogens is 226 g/mol. The highest BCUT2D eigenvalue weighted by Crippen LogP contribution is 2.15. The van der Waals surface area contributed by atoms with Crippen LogP contribution in [0.15, 0.2) is 0 Å². The molecule has 6 heteroatoms. The summed E-state index contributed by atoms with van der Waals surface area (Å²) >= 11 is 0. The highest BCUT2D eigenvalue weighted by molar-refractivity contribution is 6.62. The third kappa shape index (κ3) is 4.12. The van der Waals surface area contributed by atoms with Crippen LogP contribution in [0.2, 0.25) is 0 Å². The maximum atomic E-state index is 10.2. The number of nitrogens with zero attached hydrogens (tertiary/aromatic N) is 1. The van der Waals surface area contributed by atoms with E-state index >= 15 is 0 Å². The lowest BCUT2D eigenvalue weighted by molar-refractivity contribution is -0.892. The number of aliphatic hydroxyl groups excluding tert-OH is 1. The molecule has 0 bridgehead atoms. The summed E-state index contributed by atoms with van der Waals surface area (Å²) in [5, 5.41) is 10.2. The van der Waals surface area contributed by atoms with Crippen molar-refractivity contribution < 1.29 is 22.9 Å². The Morgan fingerprint density at radius 3 is 1.88 bits per heavy atom. The smallest absolute Gasteiger partial charge is 0.383 e. The van der Waals surface area contributed by atoms with Crippen molar-refractivity contribution in [3.8, 4) is 0 Å². The highest BCUT2D eigenvalue weighted by Gasteiger charge is 2.49. The fraction of sp³-hybridized carbons (Fsp3) is 1.00. The number of aliphatic hydroxyl groups is 1. The minimum atomic E-state index is -2.92. The quantitative estimate of drug-likeness (QED) is 0.497. The van der Waals surface area contributed by atoms with Crippen molar-refractivity contribution in [1.29, 1.82) is 0 Å². The second kappa shape index (κ2) is 6.68. The Hall–Kier alpha value is 0.0169. The molecule has 0 aromatic heterocycles. The molecule has 0 saturated carbocycles. The molecular formula is C10H26NO4Si+. The summed E-state index contributed by atoms with van der Waals surface area (Å²) < 4.78 is 16.5. The van der Waals surface area contributed by atoms with Gasteiger partial charge in [0.2, 0.25) is 0 Å². The van der Waals surface area contributed by atoms with E-state index in [1.54, 1.807) is 0 Å². The first-order chi connectivity index (χ1) is 7.37. The van der Waals surface area contributed by atoms with Gasteiger partial charge in [-0.25, -0.2) is 0 Å². The highest BCUT2D eigenvalue weighted by atomic mass is 28.4. The van der Waals surface area contributed by atoms with Gasteiger partial charge in [-0.15, -0.1) is 0 Å². The molecule has 1 atom stereocenters. The van der Waals surface area contributed by atoms with Gasteiger partial charge < -0.3 is 22.9 Å². The molecule has 0 aromatic carbocycles. The SMILES string of the molecule is CCC[N+](C)(C)CC(O)[Si](OC)(OC)OC. The Kier molecular flexibility index (Phi) is 6.69. The molecule has 0 aliphatic rings. The first-order valence-corrected chi connectivity index (χ1v) is 7.33. The standard InChI is InChI=1S/C10H26NO4Si/c1-7-8-11(2,3)9-10(12)16(13-4,14-5)15-6/h10,12H,7-9H2,1-6H3/q+1. The lowest BCUT2D eigenvalue weighted by Crippen LogP contribution is -2.61. The van der Waals surface area contributed by atoms with E-state index in [1.807, 2.05) is 0 Å². The summed E-state index contributed by atoms with van der Waals surface area (Å²) in [6.07, 6.45) is 1.07. The molecule has 0 saturated heterocycles. The second-order valence-electron chi connectivity index (χ2n) is 4.57. The first-order valence-electron chi connectivity index (χ1n) is 5.53. The third-order valence-corrected chi connectivity index (χ3v) is 5.46. The number of hydrogen-bond acceptors (Lipinski definition) is 4. The van der Waals surface area contributed by atoms with E-state index in [0.29, 0.717) is 6.54 Å². The maximum Gasteiger partial charge on any atom is 0.536 e. The second-order valence-corrected chi connectivity index (χ2v) is 7.67. The summed E-state index contributed by atoms with van der Waals surface area (Å²) in [6.45, 7) is 3.69. The van der Waals surface area contributed by atoms with Gasteiger partial charge >= 0.3 is 8.80 Å². The van der Waals surface area contributed by atoms with Gasteiger partial charge in [0, 0.05) is 21.3 Å². The minimum Gasteiger partial charge on any atom is -0.383 e. The Morgan fingerprint density at radius 1 is 1.12 bits per heavy atom. The van der Waals surface area contributed by atoms with E-state index in [0.717, 1.165) is 17.4 Å². The summed E-state index contributed by atoms with van der Waals surface area (Å²) in [5.74, 6) is 0. The van der Waals surface area contributed by atoms with Gasteiger partial charge in [0.05, 0.1) is 20.6 Å². The Bertz CT molecular complexity index is 189. The lowest BCUT2D eigenvalue weighted by atomic mass is 10.4. The number of quaternary nitrogens is 1. The molecule has 0 aromatic rings. The first kappa shape index (κ1) is 16.0. The van der Waals surface area contributed by atoms with Crippen molar-refractivity contribution in [3.05, 3.63) is 0 Å². The molecule has 0 amide bonds. The summed E-state index contributed by atoms with van der Waals surface area (Å²) in [5.41, 5.74) is -0.700. The van der Waals surface area contributed by atoms with Crippen LogP contribution < -0.4 is 0 Å². The zero-order valence-corrected chi connectivity index (χ0v) is 12.3. The monoisotopic (exact) mass is 252 g/mol. The fourth-order valence-corrected chi connectivity index (χ4v) is 3.97. The van der Waals surface area contributed by atoms with Gasteiger partial charge in [-0.2, -0.15) is 0 Å². The van der Waals surface area contributed by atoms with Crippen LogP contribution in [0.5, 0.6) is 0 Å². The molecule has 0 rings (SSSR count). The van der Waals surface area contributed by atoms with Crippen LogP contribution in [-0.4, -0.2) is 72.6 Å². The van der Waals surface area contributed by atoms with Crippen LogP contribution in [0.3, 0.4) is 0 Å². The van der Waals surface area contributed by atoms with Crippen molar-refractivity contribution in [2.45, 2.75) is 19.1 Å². The molecule has 16 heavy (non-hydrogen) atoms. The third-order valence-electron chi connectivity index (χ3n) is 2.76. The van der Waals surface area contributed by atoms with Crippen LogP contribution in [0.4, 0.5) is 0 Å². The molecule has 0 fully saturated rings. The normalized spacial score (nSPS) is 15.2. The van der Waals surface area contributed by atoms with Gasteiger partial charge in [0.15, 0.2) is 5.73 Å². The van der Waals surface area contributed by atoms with E-state index in [2.05, 4.69) is 21.0 Å². The molecule has 0 heterocycles. The molecule has 5 nitrogen and oxygen atoms in total. The minimum absolute atomic E-state index is 0.565. The predicted octanol–water partition coefficient (Wildman–Crippen LogP) is 0.251. The van der Waals surface area contributed by atoms with E-state index in [9.17, 15) is 5.11 Å². The van der Waals surface area contributed by atoms with E-state index in [1.165, 1.54) is 21.3 Å². The summed E-state index contributed by atoms with van der Waals surface area (Å²) in [7, 11) is 5.78. The largest absolute Gasteiger partial charge is 0.536 e. The maximum absolute atomic E-state index is 10.2. The number of likely N-dealkylation sites (N-methyl/N-ethyl adjacent to an activating group) is 1. The molecule has 98 valence electrons. The average molecular weight is 252 g/mol. The van der Waals surface area contributed by atoms with Crippen LogP contribution in [0, 0.1) is 0 Å². The van der Waals surface area contributed by atoms with Gasteiger partial charge in [-0.05, 0) is 6.42 Å². The average Bonchev–Trinajstić information content (AvgIpc) is 2.20. The number of hydrogen-bond donors (Lipinski definition) is 1. The molecule has 1 unspecified atom stereocenters. The van der Waals surface area contributed by atoms with Crippen molar-refractivity contribution in [2.24, 2.45) is 0 Å². The van der Waals surface area contributed by atoms with Crippen molar-refractivity contribution in [3.63, 3.8) is 0 Å². The Labute approximate surface area is 99.9 Å². The van der Waals surface area contributed by atoms with E-state index < -0.39 is 14.5 Å². The summed E-state index contributed by atoms with van der Waals surface area (Å²) in [6, 6.07) is 0. The zero-order chi connectivity index (χ0) is 12.8. The van der Waals surface area contributed by atoms with Crippen LogP contribution in [0.25, 0.3) is 0 Å². The molecule has 0 aliphatic carbocycles. The molecule has 0 radical (unpaired) electrons. The Balaban J connectivity index is 4.58. The van der Waals surface area contributed by atoms with Gasteiger partial charge in [0.25, 0.3) is 0 Å². The van der Waals surface area contributed by atoms with E-state index in [4.69, 9.17) is 13.3 Å². The zero-order valence-electron chi connectivity index (χ0n) is 11.3. The van der Waals surface area contributed by atoms with Gasteiger partial charge in [-0.1, -0.05) is 6.92 Å². The van der Waals surface area contributed by atoms with Crippen LogP contribution in [0.1, 0.15) is 13.3 Å². The molecule has 1 N–H and O–H groups in total. The molecule has 0 spiro atoms. The van der Waals surface area contributed by atoms with Crippen molar-refractivity contribution >= 4 is 8.80 Å². The predicted molar refractivity (Wildman–Crippen MR) is 64.9 cm³/mol. The Morgan fingerprint density at radius 2 is 1.56 bits per heavy atom. The van der Waals surface area contributed by atoms with Gasteiger partial charge in [0.1, 0.15) is 6.54 Å².